The molecular formula is C26H29ClFN5O2. The van der Waals surface area contributed by atoms with Gasteiger partial charge in [-0.1, -0.05) is 11.6 Å². The molecule has 184 valence electrons. The lowest BCUT2D eigenvalue weighted by molar-refractivity contribution is 0.0454. The molecular weight excluding hydrogens is 469 g/mol. The third-order valence-electron chi connectivity index (χ3n) is 7.77. The van der Waals surface area contributed by atoms with E-state index in [1.54, 1.807) is 11.1 Å². The molecule has 4 aliphatic heterocycles. The second-order valence-electron chi connectivity index (χ2n) is 10.3. The van der Waals surface area contributed by atoms with Crippen molar-refractivity contribution in [2.45, 2.75) is 56.7 Å². The molecule has 5 aliphatic rings. The summed E-state index contributed by atoms with van der Waals surface area (Å²) in [4.78, 5) is 22.0. The lowest BCUT2D eigenvalue weighted by Crippen LogP contribution is -2.47. The van der Waals surface area contributed by atoms with E-state index >= 15 is 0 Å². The molecule has 1 aliphatic carbocycles. The highest BCUT2D eigenvalue weighted by atomic mass is 35.5. The van der Waals surface area contributed by atoms with E-state index < -0.39 is 5.82 Å². The largest absolute Gasteiger partial charge is 0.489 e. The van der Waals surface area contributed by atoms with Gasteiger partial charge in [-0.15, -0.1) is 0 Å². The molecule has 1 aromatic carbocycles. The summed E-state index contributed by atoms with van der Waals surface area (Å²) in [6, 6.07) is 5.16. The summed E-state index contributed by atoms with van der Waals surface area (Å²) in [6.07, 6.45) is 10.00. The first-order chi connectivity index (χ1) is 16.9. The number of halogens is 2. The fourth-order valence-corrected chi connectivity index (χ4v) is 5.93. The lowest BCUT2D eigenvalue weighted by atomic mass is 9.99. The zero-order valence-electron chi connectivity index (χ0n) is 19.5. The minimum absolute atomic E-state index is 0.0248. The van der Waals surface area contributed by atoms with E-state index in [4.69, 9.17) is 21.7 Å². The molecule has 2 bridgehead atoms. The van der Waals surface area contributed by atoms with E-state index in [2.05, 4.69) is 15.2 Å². The number of piperidine rings is 1. The smallest absolute Gasteiger partial charge is 0.258 e. The molecule has 0 spiro atoms. The molecule has 3 saturated heterocycles. The number of aliphatic imine (C=N–C) groups is 1. The Hall–Kier alpha value is -2.71. The van der Waals surface area contributed by atoms with Crippen LogP contribution in [0.4, 0.5) is 4.39 Å². The van der Waals surface area contributed by atoms with Gasteiger partial charge in [0.1, 0.15) is 23.5 Å². The molecule has 1 aromatic rings. The lowest BCUT2D eigenvalue weighted by Gasteiger charge is -2.39. The van der Waals surface area contributed by atoms with Crippen LogP contribution in [0.15, 0.2) is 45.8 Å². The number of likely N-dealkylation sites (tertiary alicyclic amines) is 1. The van der Waals surface area contributed by atoms with Crippen LogP contribution in [0.5, 0.6) is 5.75 Å². The first kappa shape index (κ1) is 22.7. The van der Waals surface area contributed by atoms with Crippen LogP contribution in [0.1, 0.15) is 48.9 Å². The highest BCUT2D eigenvalue weighted by Crippen LogP contribution is 2.41. The number of carbonyl (C=O) groups is 1. The van der Waals surface area contributed by atoms with Crippen molar-refractivity contribution in [2.24, 2.45) is 10.9 Å². The van der Waals surface area contributed by atoms with Crippen molar-refractivity contribution in [2.75, 3.05) is 19.6 Å². The maximum absolute atomic E-state index is 14.2. The van der Waals surface area contributed by atoms with Crippen molar-refractivity contribution in [1.29, 1.82) is 5.41 Å². The Labute approximate surface area is 209 Å². The molecule has 2 N–H and O–H groups in total. The minimum atomic E-state index is -0.424. The maximum Gasteiger partial charge on any atom is 0.258 e. The van der Waals surface area contributed by atoms with E-state index in [1.165, 1.54) is 56.6 Å². The van der Waals surface area contributed by atoms with Gasteiger partial charge in [0.15, 0.2) is 0 Å². The van der Waals surface area contributed by atoms with Crippen LogP contribution in [0.3, 0.4) is 0 Å². The third kappa shape index (κ3) is 4.61. The highest BCUT2D eigenvalue weighted by Gasteiger charge is 2.43. The number of fused-ring (bicyclic) bond motifs is 2. The Kier molecular flexibility index (Phi) is 5.89. The van der Waals surface area contributed by atoms with Gasteiger partial charge in [-0.3, -0.25) is 9.69 Å². The number of nitrogens with one attached hydrogen (secondary N) is 2. The molecule has 1 saturated carbocycles. The van der Waals surface area contributed by atoms with Crippen LogP contribution in [0.2, 0.25) is 0 Å². The van der Waals surface area contributed by atoms with Crippen molar-refractivity contribution in [3.8, 4) is 5.75 Å². The summed E-state index contributed by atoms with van der Waals surface area (Å²) in [6.45, 7) is 1.60. The molecule has 35 heavy (non-hydrogen) atoms. The van der Waals surface area contributed by atoms with E-state index in [-0.39, 0.29) is 25.1 Å². The summed E-state index contributed by atoms with van der Waals surface area (Å²) < 4.78 is 20.6. The number of amides is 1. The number of rotatable bonds is 5. The average Bonchev–Trinajstić information content (AvgIpc) is 3.53. The van der Waals surface area contributed by atoms with Crippen molar-refractivity contribution >= 4 is 29.4 Å². The predicted octanol–water partition coefficient (Wildman–Crippen LogP) is 4.05. The fraction of sp³-hybridized carbons (Fsp3) is 0.500. The number of allylic oxidation sites excluding steroid dienone is 1. The van der Waals surface area contributed by atoms with Crippen LogP contribution >= 0.6 is 11.6 Å². The van der Waals surface area contributed by atoms with Crippen LogP contribution in [-0.2, 0) is 0 Å². The van der Waals surface area contributed by atoms with Gasteiger partial charge in [0.2, 0.25) is 0 Å². The molecule has 4 heterocycles. The molecule has 7 nitrogen and oxygen atoms in total. The number of carbonyl (C=O) groups excluding carboxylic acids is 1. The topological polar surface area (TPSA) is 81.0 Å². The molecule has 3 atom stereocenters. The normalized spacial score (nSPS) is 30.5. The second kappa shape index (κ2) is 9.06. The van der Waals surface area contributed by atoms with Gasteiger partial charge in [0.25, 0.3) is 5.91 Å². The van der Waals surface area contributed by atoms with Gasteiger partial charge in [0, 0.05) is 42.7 Å². The number of benzene rings is 1. The zero-order valence-corrected chi connectivity index (χ0v) is 20.2. The number of ether oxygens (including phenoxy) is 1. The van der Waals surface area contributed by atoms with Crippen LogP contribution in [0.25, 0.3) is 0 Å². The zero-order chi connectivity index (χ0) is 24.1. The summed E-state index contributed by atoms with van der Waals surface area (Å²) in [5, 5.41) is 11.8. The molecule has 0 radical (unpaired) electrons. The molecule has 0 aromatic heterocycles. The van der Waals surface area contributed by atoms with Gasteiger partial charge in [0.05, 0.1) is 29.4 Å². The van der Waals surface area contributed by atoms with Gasteiger partial charge in [-0.05, 0) is 56.6 Å². The molecule has 1 amide bonds. The van der Waals surface area contributed by atoms with Crippen molar-refractivity contribution in [3.05, 3.63) is 52.2 Å². The molecule has 0 unspecified atom stereocenters. The van der Waals surface area contributed by atoms with E-state index in [1.807, 2.05) is 0 Å². The first-order valence-electron chi connectivity index (χ1n) is 12.4. The summed E-state index contributed by atoms with van der Waals surface area (Å²) in [5.74, 6) is 0.976. The fourth-order valence-electron chi connectivity index (χ4n) is 5.83. The average molecular weight is 498 g/mol. The quantitative estimate of drug-likeness (QED) is 0.643. The van der Waals surface area contributed by atoms with Gasteiger partial charge >= 0.3 is 0 Å². The SMILES string of the molecule is N=C1CN(C(=O)c2ccc(F)cc2O[C@H]2C[C@H]3CC[C@@H](C2)N3CC2CC2)C/C1=C1\N=CC(Cl)=CN1. The van der Waals surface area contributed by atoms with Crippen LogP contribution in [-0.4, -0.2) is 65.5 Å². The Bertz CT molecular complexity index is 1150. The van der Waals surface area contributed by atoms with E-state index in [9.17, 15) is 9.18 Å². The van der Waals surface area contributed by atoms with E-state index in [0.717, 1.165) is 18.8 Å². The van der Waals surface area contributed by atoms with Crippen molar-refractivity contribution in [3.63, 3.8) is 0 Å². The van der Waals surface area contributed by atoms with Gasteiger partial charge < -0.3 is 20.4 Å². The van der Waals surface area contributed by atoms with Crippen LogP contribution in [0, 0.1) is 17.1 Å². The van der Waals surface area contributed by atoms with Crippen LogP contribution < -0.4 is 10.1 Å². The second-order valence-corrected chi connectivity index (χ2v) is 10.7. The van der Waals surface area contributed by atoms with Crippen molar-refractivity contribution in [1.82, 2.24) is 15.1 Å². The molecule has 6 rings (SSSR count). The van der Waals surface area contributed by atoms with Gasteiger partial charge in [-0.2, -0.15) is 0 Å². The molecule has 9 heteroatoms. The Morgan fingerprint density at radius 3 is 2.66 bits per heavy atom. The minimum Gasteiger partial charge on any atom is -0.489 e. The highest BCUT2D eigenvalue weighted by molar-refractivity contribution is 6.39. The number of hydrogen-bond donors (Lipinski definition) is 2. The first-order valence-corrected chi connectivity index (χ1v) is 12.8. The summed E-state index contributed by atoms with van der Waals surface area (Å²) >= 11 is 5.91. The number of nitrogens with zero attached hydrogens (tertiary/aromatic N) is 3. The van der Waals surface area contributed by atoms with E-state index in [0.29, 0.717) is 45.5 Å². The maximum atomic E-state index is 14.2. The molecule has 4 fully saturated rings. The summed E-state index contributed by atoms with van der Waals surface area (Å²) in [7, 11) is 0. The van der Waals surface area contributed by atoms with Crippen molar-refractivity contribution < 1.29 is 13.9 Å². The Balaban J connectivity index is 1.18. The monoisotopic (exact) mass is 497 g/mol. The summed E-state index contributed by atoms with van der Waals surface area (Å²) in [5.41, 5.74) is 1.29. The third-order valence-corrected chi connectivity index (χ3v) is 7.98. The standard InChI is InChI=1S/C26H29ClFN5O2/c27-16-10-30-25(31-11-16)22-13-32(14-23(22)29)26(34)21-6-3-17(28)7-24(21)35-20-8-18-4-5-19(9-20)33(18)12-15-1-2-15/h3,6-7,10-11,15,18-20,29-30H,1-2,4-5,8-9,12-14H2/b25-22+,29-23?/t18-,19+,20+. The Morgan fingerprint density at radius 1 is 1.20 bits per heavy atom. The predicted molar refractivity (Wildman–Crippen MR) is 133 cm³/mol. The van der Waals surface area contributed by atoms with Gasteiger partial charge in [-0.25, -0.2) is 9.38 Å². The number of hydrogen-bond acceptors (Lipinski definition) is 6. The Morgan fingerprint density at radius 2 is 1.97 bits per heavy atom.